The Hall–Kier alpha value is -0.810. The van der Waals surface area contributed by atoms with E-state index < -0.39 is 49.5 Å². The first-order valence-electron chi connectivity index (χ1n) is 14.7. The van der Waals surface area contributed by atoms with Crippen molar-refractivity contribution in [2.75, 3.05) is 13.2 Å². The fourth-order valence-electron chi connectivity index (χ4n) is 4.69. The normalized spacial score (nSPS) is 25.6. The fraction of sp³-hybridized carbons (Fsp3) is 0.964. The maximum Gasteiger partial charge on any atom is 0.220 e. The van der Waals surface area contributed by atoms with E-state index in [4.69, 9.17) is 9.47 Å². The molecular weight excluding hydrogens is 478 g/mol. The maximum atomic E-state index is 12.6. The van der Waals surface area contributed by atoms with E-state index >= 15 is 0 Å². The summed E-state index contributed by atoms with van der Waals surface area (Å²) in [5.74, 6) is -0.159. The van der Waals surface area contributed by atoms with Gasteiger partial charge < -0.3 is 40.3 Å². The van der Waals surface area contributed by atoms with Gasteiger partial charge in [-0.2, -0.15) is 0 Å². The van der Waals surface area contributed by atoms with Crippen LogP contribution in [0.3, 0.4) is 0 Å². The van der Waals surface area contributed by atoms with Crippen LogP contribution < -0.4 is 5.32 Å². The lowest BCUT2D eigenvalue weighted by Gasteiger charge is -2.40. The number of nitrogens with one attached hydrogen (secondary N) is 1. The topological polar surface area (TPSA) is 149 Å². The molecule has 1 aliphatic heterocycles. The van der Waals surface area contributed by atoms with E-state index in [-0.39, 0.29) is 12.5 Å². The Morgan fingerprint density at radius 2 is 1.35 bits per heavy atom. The molecule has 9 heteroatoms. The van der Waals surface area contributed by atoms with Gasteiger partial charge in [0.25, 0.3) is 0 Å². The Balaban J connectivity index is 2.42. The summed E-state index contributed by atoms with van der Waals surface area (Å²) < 4.78 is 11.0. The first kappa shape index (κ1) is 34.2. The third-order valence-corrected chi connectivity index (χ3v) is 7.21. The second-order valence-electron chi connectivity index (χ2n) is 10.6. The van der Waals surface area contributed by atoms with Crippen LogP contribution in [-0.4, -0.2) is 87.5 Å². The highest BCUT2D eigenvalue weighted by Crippen LogP contribution is 2.22. The fourth-order valence-corrected chi connectivity index (χ4v) is 4.69. The highest BCUT2D eigenvalue weighted by atomic mass is 16.7. The first-order valence-corrected chi connectivity index (χ1v) is 14.7. The van der Waals surface area contributed by atoms with E-state index in [2.05, 4.69) is 19.2 Å². The molecule has 0 aromatic rings. The Bertz CT molecular complexity index is 564. The minimum Gasteiger partial charge on any atom is -0.394 e. The van der Waals surface area contributed by atoms with Crippen LogP contribution >= 0.6 is 0 Å². The van der Waals surface area contributed by atoms with E-state index in [1.54, 1.807) is 0 Å². The monoisotopic (exact) mass is 533 g/mol. The van der Waals surface area contributed by atoms with Crippen molar-refractivity contribution in [1.82, 2.24) is 5.32 Å². The van der Waals surface area contributed by atoms with E-state index in [0.29, 0.717) is 12.8 Å². The summed E-state index contributed by atoms with van der Waals surface area (Å²) in [5, 5.41) is 53.0. The number of hydrogen-bond donors (Lipinski definition) is 6. The van der Waals surface area contributed by atoms with Gasteiger partial charge in [0.2, 0.25) is 5.91 Å². The van der Waals surface area contributed by atoms with E-state index in [0.717, 1.165) is 38.5 Å². The number of carbonyl (C=O) groups is 1. The lowest BCUT2D eigenvalue weighted by Crippen LogP contribution is -2.60. The summed E-state index contributed by atoms with van der Waals surface area (Å²) in [4.78, 5) is 12.6. The van der Waals surface area contributed by atoms with Crippen LogP contribution in [0.4, 0.5) is 0 Å². The second-order valence-corrected chi connectivity index (χ2v) is 10.6. The van der Waals surface area contributed by atoms with Crippen LogP contribution in [0, 0.1) is 0 Å². The molecule has 1 saturated heterocycles. The number of carbonyl (C=O) groups excluding carboxylic acids is 1. The van der Waals surface area contributed by atoms with E-state index in [1.165, 1.54) is 51.4 Å². The van der Waals surface area contributed by atoms with Crippen LogP contribution in [0.15, 0.2) is 0 Å². The number of ether oxygens (including phenoxy) is 2. The molecule has 0 bridgehead atoms. The molecule has 0 spiro atoms. The average Bonchev–Trinajstić information content (AvgIpc) is 2.89. The quantitative estimate of drug-likeness (QED) is 0.116. The molecular formula is C28H55NO8. The summed E-state index contributed by atoms with van der Waals surface area (Å²) in [6, 6.07) is -0.704. The third-order valence-electron chi connectivity index (χ3n) is 7.21. The van der Waals surface area contributed by atoms with Crippen LogP contribution in [-0.2, 0) is 14.3 Å². The highest BCUT2D eigenvalue weighted by Gasteiger charge is 2.44. The van der Waals surface area contributed by atoms with Crippen molar-refractivity contribution in [3.05, 3.63) is 0 Å². The summed E-state index contributed by atoms with van der Waals surface area (Å²) in [6.45, 7) is 3.61. The molecule has 1 rings (SSSR count). The molecule has 1 heterocycles. The maximum absolute atomic E-state index is 12.6. The molecule has 7 atom stereocenters. The summed E-state index contributed by atoms with van der Waals surface area (Å²) in [7, 11) is 0. The second kappa shape index (κ2) is 21.1. The lowest BCUT2D eigenvalue weighted by atomic mass is 9.99. The molecule has 0 radical (unpaired) electrons. The van der Waals surface area contributed by atoms with Gasteiger partial charge in [-0.05, 0) is 12.8 Å². The minimum absolute atomic E-state index is 0.139. The van der Waals surface area contributed by atoms with Crippen LogP contribution in [0.25, 0.3) is 0 Å². The van der Waals surface area contributed by atoms with Crippen LogP contribution in [0.5, 0.6) is 0 Å². The third kappa shape index (κ3) is 14.2. The number of aliphatic hydroxyl groups is 5. The molecule has 6 N–H and O–H groups in total. The Morgan fingerprint density at radius 3 is 1.92 bits per heavy atom. The first-order chi connectivity index (χ1) is 17.8. The summed E-state index contributed by atoms with van der Waals surface area (Å²) in [5.41, 5.74) is 0. The van der Waals surface area contributed by atoms with Gasteiger partial charge in [0.1, 0.15) is 24.4 Å². The smallest absolute Gasteiger partial charge is 0.220 e. The molecule has 0 aliphatic carbocycles. The summed E-state index contributed by atoms with van der Waals surface area (Å²) >= 11 is 0. The SMILES string of the molecule is CCCCCCCCCCCCCC(=O)NC(COC1OC(CO)C(O)C(O)C1O)C(O)CCCCC. The predicted molar refractivity (Wildman–Crippen MR) is 143 cm³/mol. The zero-order valence-corrected chi connectivity index (χ0v) is 23.2. The number of hydrogen-bond acceptors (Lipinski definition) is 8. The summed E-state index contributed by atoms with van der Waals surface area (Å²) in [6.07, 6.45) is 9.11. The van der Waals surface area contributed by atoms with Crippen LogP contribution in [0.2, 0.25) is 0 Å². The van der Waals surface area contributed by atoms with Gasteiger partial charge in [-0.1, -0.05) is 97.3 Å². The number of aliphatic hydroxyl groups excluding tert-OH is 5. The van der Waals surface area contributed by atoms with Gasteiger partial charge in [0.15, 0.2) is 6.29 Å². The van der Waals surface area contributed by atoms with Crippen molar-refractivity contribution >= 4 is 5.91 Å². The van der Waals surface area contributed by atoms with Crippen molar-refractivity contribution < 1.29 is 39.8 Å². The molecule has 1 aliphatic rings. The Morgan fingerprint density at radius 1 is 0.811 bits per heavy atom. The van der Waals surface area contributed by atoms with Gasteiger partial charge in [-0.25, -0.2) is 0 Å². The van der Waals surface area contributed by atoms with Crippen molar-refractivity contribution in [2.24, 2.45) is 0 Å². The van der Waals surface area contributed by atoms with Crippen molar-refractivity contribution in [2.45, 2.75) is 159 Å². The van der Waals surface area contributed by atoms with Crippen molar-refractivity contribution in [3.63, 3.8) is 0 Å². The van der Waals surface area contributed by atoms with Crippen LogP contribution in [0.1, 0.15) is 117 Å². The van der Waals surface area contributed by atoms with Gasteiger partial charge in [0, 0.05) is 6.42 Å². The molecule has 7 unspecified atom stereocenters. The standard InChI is InChI=1S/C28H55NO8/c1-3-5-7-8-9-10-11-12-13-14-16-18-24(32)29-21(22(31)17-15-6-4-2)20-36-28-27(35)26(34)25(33)23(19-30)37-28/h21-23,25-28,30-31,33-35H,3-20H2,1-2H3,(H,29,32). The number of amides is 1. The molecule has 220 valence electrons. The molecule has 0 aromatic carbocycles. The predicted octanol–water partition coefficient (Wildman–Crippen LogP) is 2.93. The molecule has 37 heavy (non-hydrogen) atoms. The molecule has 1 fully saturated rings. The van der Waals surface area contributed by atoms with E-state index in [1.807, 2.05) is 0 Å². The van der Waals surface area contributed by atoms with Gasteiger partial charge in [-0.15, -0.1) is 0 Å². The minimum atomic E-state index is -1.54. The zero-order valence-electron chi connectivity index (χ0n) is 23.2. The number of rotatable bonds is 22. The Labute approximate surface area is 223 Å². The number of unbranched alkanes of at least 4 members (excludes halogenated alkanes) is 12. The van der Waals surface area contributed by atoms with Crippen molar-refractivity contribution in [3.8, 4) is 0 Å². The highest BCUT2D eigenvalue weighted by molar-refractivity contribution is 5.76. The largest absolute Gasteiger partial charge is 0.394 e. The molecule has 0 aromatic heterocycles. The Kier molecular flexibility index (Phi) is 19.5. The molecule has 9 nitrogen and oxygen atoms in total. The lowest BCUT2D eigenvalue weighted by molar-refractivity contribution is -0.302. The molecule has 1 amide bonds. The average molecular weight is 534 g/mol. The molecule has 0 saturated carbocycles. The van der Waals surface area contributed by atoms with Gasteiger partial charge in [-0.3, -0.25) is 4.79 Å². The van der Waals surface area contributed by atoms with E-state index in [9.17, 15) is 30.3 Å². The van der Waals surface area contributed by atoms with Gasteiger partial charge in [0.05, 0.1) is 25.4 Å². The zero-order chi connectivity index (χ0) is 27.5. The van der Waals surface area contributed by atoms with Gasteiger partial charge >= 0.3 is 0 Å². The van der Waals surface area contributed by atoms with Crippen molar-refractivity contribution in [1.29, 1.82) is 0 Å².